The molecule has 0 unspecified atom stereocenters. The molecule has 1 N–H and O–H groups in total. The normalized spacial score (nSPS) is 11.6. The molecule has 0 saturated heterocycles. The molecule has 0 amide bonds. The molecule has 0 bridgehead atoms. The van der Waals surface area contributed by atoms with Crippen molar-refractivity contribution in [1.29, 1.82) is 0 Å². The van der Waals surface area contributed by atoms with Crippen molar-refractivity contribution in [3.63, 3.8) is 0 Å². The lowest BCUT2D eigenvalue weighted by atomic mass is 10.4. The Morgan fingerprint density at radius 1 is 1.37 bits per heavy atom. The summed E-state index contributed by atoms with van der Waals surface area (Å²) in [4.78, 5) is 2.87. The molecule has 10 heteroatoms. The molecule has 19 heavy (non-hydrogen) atoms. The summed E-state index contributed by atoms with van der Waals surface area (Å²) in [7, 11) is -2.79. The van der Waals surface area contributed by atoms with Gasteiger partial charge in [0, 0.05) is 7.05 Å². The van der Waals surface area contributed by atoms with Gasteiger partial charge in [0.1, 0.15) is 5.69 Å². The molecule has 0 aliphatic heterocycles. The number of rotatable bonds is 3. The van der Waals surface area contributed by atoms with Crippen molar-refractivity contribution in [2.45, 2.75) is 5.03 Å². The summed E-state index contributed by atoms with van der Waals surface area (Å²) in [6.07, 6.45) is 1.13. The molecule has 2 heterocycles. The number of nitrogens with one attached hydrogen (secondary N) is 1. The molecule has 2 rings (SSSR count). The van der Waals surface area contributed by atoms with E-state index in [1.54, 1.807) is 0 Å². The van der Waals surface area contributed by atoms with Crippen LogP contribution in [0.2, 0.25) is 5.02 Å². The fourth-order valence-electron chi connectivity index (χ4n) is 1.38. The quantitative estimate of drug-likeness (QED) is 0.873. The average Bonchev–Trinajstić information content (AvgIpc) is 2.63. The summed E-state index contributed by atoms with van der Waals surface area (Å²) in [6, 6.07) is 1.74. The van der Waals surface area contributed by atoms with Gasteiger partial charge in [-0.3, -0.25) is 9.40 Å². The molecule has 102 valence electrons. The molecule has 0 atom stereocenters. The summed E-state index contributed by atoms with van der Waals surface area (Å²) in [5, 5.41) is 3.20. The van der Waals surface area contributed by atoms with E-state index in [9.17, 15) is 17.2 Å². The van der Waals surface area contributed by atoms with Crippen LogP contribution in [0.5, 0.6) is 0 Å². The Balaban J connectivity index is 2.42. The van der Waals surface area contributed by atoms with Crippen LogP contribution in [0.15, 0.2) is 23.4 Å². The lowest BCUT2D eigenvalue weighted by Gasteiger charge is -2.08. The molecule has 0 aliphatic rings. The number of aromatic nitrogens is 3. The maximum Gasteiger partial charge on any atom is 0.280 e. The standard InChI is InChI=1S/C9H7ClF2N4O2S/c1-16-9(5(10)4-13-16)19(17,18)15-6-2-3-7(11)14-8(6)12/h2-4,15H,1H3. The topological polar surface area (TPSA) is 76.9 Å². The number of hydrogen-bond acceptors (Lipinski definition) is 4. The van der Waals surface area contributed by atoms with Gasteiger partial charge in [-0.2, -0.15) is 27.3 Å². The van der Waals surface area contributed by atoms with Crippen molar-refractivity contribution >= 4 is 27.3 Å². The van der Waals surface area contributed by atoms with Gasteiger partial charge in [0.2, 0.25) is 11.9 Å². The van der Waals surface area contributed by atoms with E-state index in [1.165, 1.54) is 7.05 Å². The van der Waals surface area contributed by atoms with Gasteiger partial charge in [-0.25, -0.2) is 0 Å². The van der Waals surface area contributed by atoms with E-state index in [2.05, 4.69) is 10.1 Å². The number of hydrogen-bond donors (Lipinski definition) is 1. The smallest absolute Gasteiger partial charge is 0.274 e. The summed E-state index contributed by atoms with van der Waals surface area (Å²) in [5.74, 6) is -2.33. The molecular formula is C9H7ClF2N4O2S. The monoisotopic (exact) mass is 308 g/mol. The maximum absolute atomic E-state index is 13.3. The molecule has 0 radical (unpaired) electrons. The third-order valence-electron chi connectivity index (χ3n) is 2.16. The van der Waals surface area contributed by atoms with Crippen LogP contribution in [0, 0.1) is 11.9 Å². The minimum absolute atomic E-state index is 0.120. The molecule has 0 spiro atoms. The number of halogens is 3. The lowest BCUT2D eigenvalue weighted by molar-refractivity contribution is 0.515. The third-order valence-corrected chi connectivity index (χ3v) is 4.03. The molecule has 2 aromatic heterocycles. The van der Waals surface area contributed by atoms with Gasteiger partial charge in [-0.15, -0.1) is 0 Å². The second-order valence-electron chi connectivity index (χ2n) is 3.50. The highest BCUT2D eigenvalue weighted by Crippen LogP contribution is 2.23. The second kappa shape index (κ2) is 4.74. The van der Waals surface area contributed by atoms with Crippen LogP contribution in [-0.4, -0.2) is 23.2 Å². The van der Waals surface area contributed by atoms with Crippen molar-refractivity contribution in [3.8, 4) is 0 Å². The van der Waals surface area contributed by atoms with Gasteiger partial charge < -0.3 is 0 Å². The molecule has 0 saturated carbocycles. The van der Waals surface area contributed by atoms with Crippen LogP contribution >= 0.6 is 11.6 Å². The largest absolute Gasteiger partial charge is 0.280 e. The van der Waals surface area contributed by atoms with Gasteiger partial charge in [-0.1, -0.05) is 11.6 Å². The summed E-state index contributed by atoms with van der Waals surface area (Å²) in [5.41, 5.74) is -0.487. The molecule has 0 fully saturated rings. The molecule has 6 nitrogen and oxygen atoms in total. The first kappa shape index (κ1) is 13.7. The zero-order chi connectivity index (χ0) is 14.2. The first-order valence-electron chi connectivity index (χ1n) is 4.83. The molecule has 2 aromatic rings. The fourth-order valence-corrected chi connectivity index (χ4v) is 3.10. The van der Waals surface area contributed by atoms with E-state index in [0.29, 0.717) is 0 Å². The van der Waals surface area contributed by atoms with Crippen LogP contribution in [0.4, 0.5) is 14.5 Å². The first-order chi connectivity index (χ1) is 8.81. The average molecular weight is 309 g/mol. The maximum atomic E-state index is 13.3. The van der Waals surface area contributed by atoms with Gasteiger partial charge in [0.15, 0.2) is 5.03 Å². The number of aryl methyl sites for hydroxylation is 1. The molecule has 0 aliphatic carbocycles. The third kappa shape index (κ3) is 2.66. The van der Waals surface area contributed by atoms with Gasteiger partial charge in [0.05, 0.1) is 11.2 Å². The highest BCUT2D eigenvalue weighted by Gasteiger charge is 2.24. The summed E-state index contributed by atoms with van der Waals surface area (Å²) >= 11 is 5.69. The fraction of sp³-hybridized carbons (Fsp3) is 0.111. The van der Waals surface area contributed by atoms with Gasteiger partial charge in [0.25, 0.3) is 10.0 Å². The van der Waals surface area contributed by atoms with Gasteiger partial charge in [-0.05, 0) is 12.1 Å². The Labute approximate surface area is 112 Å². The molecule has 0 aromatic carbocycles. The van der Waals surface area contributed by atoms with E-state index < -0.39 is 27.6 Å². The lowest BCUT2D eigenvalue weighted by Crippen LogP contribution is -2.18. The molecular weight excluding hydrogens is 302 g/mol. The Morgan fingerprint density at radius 2 is 2.05 bits per heavy atom. The Morgan fingerprint density at radius 3 is 2.58 bits per heavy atom. The number of anilines is 1. The number of nitrogens with zero attached hydrogens (tertiary/aromatic N) is 3. The van der Waals surface area contributed by atoms with Crippen molar-refractivity contribution in [1.82, 2.24) is 14.8 Å². The summed E-state index contributed by atoms with van der Waals surface area (Å²) in [6.45, 7) is 0. The van der Waals surface area contributed by atoms with E-state index >= 15 is 0 Å². The SMILES string of the molecule is Cn1ncc(Cl)c1S(=O)(=O)Nc1ccc(F)nc1F. The van der Waals surface area contributed by atoms with Crippen LogP contribution in [0.3, 0.4) is 0 Å². The Kier molecular flexibility index (Phi) is 3.42. The van der Waals surface area contributed by atoms with E-state index in [-0.39, 0.29) is 10.0 Å². The zero-order valence-corrected chi connectivity index (χ0v) is 11.0. The van der Waals surface area contributed by atoms with Crippen molar-refractivity contribution in [2.24, 2.45) is 7.05 Å². The minimum atomic E-state index is -4.15. The zero-order valence-electron chi connectivity index (χ0n) is 9.43. The predicted molar refractivity (Wildman–Crippen MR) is 63.2 cm³/mol. The Bertz CT molecular complexity index is 712. The highest BCUT2D eigenvalue weighted by molar-refractivity contribution is 7.92. The number of pyridine rings is 1. The first-order valence-corrected chi connectivity index (χ1v) is 6.70. The van der Waals surface area contributed by atoms with Gasteiger partial charge >= 0.3 is 0 Å². The minimum Gasteiger partial charge on any atom is -0.274 e. The van der Waals surface area contributed by atoms with E-state index in [0.717, 1.165) is 23.0 Å². The van der Waals surface area contributed by atoms with Crippen LogP contribution < -0.4 is 4.72 Å². The predicted octanol–water partition coefficient (Wildman–Crippen LogP) is 1.55. The van der Waals surface area contributed by atoms with E-state index in [1.807, 2.05) is 4.72 Å². The van der Waals surface area contributed by atoms with Crippen LogP contribution in [0.1, 0.15) is 0 Å². The Hall–Kier alpha value is -1.74. The number of sulfonamides is 1. The second-order valence-corrected chi connectivity index (χ2v) is 5.50. The summed E-state index contributed by atoms with van der Waals surface area (Å²) < 4.78 is 52.8. The van der Waals surface area contributed by atoms with E-state index in [4.69, 9.17) is 11.6 Å². The van der Waals surface area contributed by atoms with Crippen LogP contribution in [-0.2, 0) is 17.1 Å². The van der Waals surface area contributed by atoms with Crippen molar-refractivity contribution in [3.05, 3.63) is 35.2 Å². The van der Waals surface area contributed by atoms with Crippen molar-refractivity contribution < 1.29 is 17.2 Å². The van der Waals surface area contributed by atoms with Crippen molar-refractivity contribution in [2.75, 3.05) is 4.72 Å². The highest BCUT2D eigenvalue weighted by atomic mass is 35.5. The van der Waals surface area contributed by atoms with Crippen LogP contribution in [0.25, 0.3) is 0 Å².